The second-order valence-electron chi connectivity index (χ2n) is 3.19. The van der Waals surface area contributed by atoms with Crippen molar-refractivity contribution >= 4 is 5.97 Å². The van der Waals surface area contributed by atoms with Crippen molar-refractivity contribution in [3.05, 3.63) is 0 Å². The van der Waals surface area contributed by atoms with Crippen LogP contribution in [0.15, 0.2) is 0 Å². The first kappa shape index (κ1) is 11.4. The van der Waals surface area contributed by atoms with Gasteiger partial charge in [0.1, 0.15) is 0 Å². The lowest BCUT2D eigenvalue weighted by Crippen LogP contribution is -2.33. The highest BCUT2D eigenvalue weighted by Gasteiger charge is 2.13. The van der Waals surface area contributed by atoms with E-state index in [2.05, 4.69) is 0 Å². The van der Waals surface area contributed by atoms with E-state index in [4.69, 9.17) is 21.4 Å². The van der Waals surface area contributed by atoms with Crippen LogP contribution in [0.5, 0.6) is 0 Å². The van der Waals surface area contributed by atoms with Gasteiger partial charge in [-0.25, -0.2) is 0 Å². The molecular weight excluding hydrogens is 156 g/mol. The summed E-state index contributed by atoms with van der Waals surface area (Å²) >= 11 is 0. The van der Waals surface area contributed by atoms with E-state index < -0.39 is 5.97 Å². The Morgan fingerprint density at radius 3 is 1.50 bits per heavy atom. The molecule has 5 N–H and O–H groups in total. The van der Waals surface area contributed by atoms with Gasteiger partial charge in [0.25, 0.3) is 5.97 Å². The molecule has 0 radical (unpaired) electrons. The summed E-state index contributed by atoms with van der Waals surface area (Å²) in [5, 5.41) is 7.42. The molecule has 12 heavy (non-hydrogen) atoms. The standard InChI is InChI=1S/C6H14N2.C2H4O2/c7-5-1-2-6(8)4-3-5;1-2(3)4/h5-6H,1-4,7-8H2;1H3,(H,3,4)/t5-,6+;. The summed E-state index contributed by atoms with van der Waals surface area (Å²) in [5.41, 5.74) is 11.3. The Morgan fingerprint density at radius 1 is 1.17 bits per heavy atom. The maximum absolute atomic E-state index is 9.00. The fourth-order valence-electron chi connectivity index (χ4n) is 1.14. The lowest BCUT2D eigenvalue weighted by atomic mass is 9.93. The predicted molar refractivity (Wildman–Crippen MR) is 47.7 cm³/mol. The molecule has 1 aliphatic rings. The minimum atomic E-state index is -0.833. The largest absolute Gasteiger partial charge is 0.481 e. The molecule has 0 aromatic heterocycles. The summed E-state index contributed by atoms with van der Waals surface area (Å²) in [6.45, 7) is 1.08. The monoisotopic (exact) mass is 174 g/mol. The van der Waals surface area contributed by atoms with E-state index in [0.29, 0.717) is 12.1 Å². The van der Waals surface area contributed by atoms with Gasteiger partial charge in [0.2, 0.25) is 0 Å². The number of carboxylic acid groups (broad SMARTS) is 1. The molecule has 0 saturated heterocycles. The van der Waals surface area contributed by atoms with E-state index >= 15 is 0 Å². The smallest absolute Gasteiger partial charge is 0.300 e. The van der Waals surface area contributed by atoms with Crippen LogP contribution in [-0.4, -0.2) is 23.2 Å². The number of carbonyl (C=O) groups is 1. The summed E-state index contributed by atoms with van der Waals surface area (Å²) in [4.78, 5) is 9.00. The van der Waals surface area contributed by atoms with Crippen LogP contribution >= 0.6 is 0 Å². The Hall–Kier alpha value is -0.610. The molecule has 0 unspecified atom stereocenters. The Balaban J connectivity index is 0.000000261. The zero-order chi connectivity index (χ0) is 9.56. The van der Waals surface area contributed by atoms with Crippen molar-refractivity contribution in [2.45, 2.75) is 44.7 Å². The van der Waals surface area contributed by atoms with Gasteiger partial charge in [-0.3, -0.25) is 4.79 Å². The molecule has 1 rings (SSSR count). The van der Waals surface area contributed by atoms with Crippen molar-refractivity contribution in [3.8, 4) is 0 Å². The molecule has 0 amide bonds. The zero-order valence-corrected chi connectivity index (χ0v) is 7.49. The van der Waals surface area contributed by atoms with Crippen LogP contribution < -0.4 is 11.5 Å². The minimum absolute atomic E-state index is 0.440. The molecule has 1 aliphatic carbocycles. The lowest BCUT2D eigenvalue weighted by molar-refractivity contribution is -0.134. The second kappa shape index (κ2) is 5.97. The van der Waals surface area contributed by atoms with Gasteiger partial charge < -0.3 is 16.6 Å². The van der Waals surface area contributed by atoms with Crippen molar-refractivity contribution in [3.63, 3.8) is 0 Å². The molecule has 4 nitrogen and oxygen atoms in total. The SMILES string of the molecule is CC(=O)O.N[C@H]1CC[C@@H](N)CC1. The molecule has 0 aliphatic heterocycles. The molecule has 0 heterocycles. The van der Waals surface area contributed by atoms with E-state index in [9.17, 15) is 0 Å². The van der Waals surface area contributed by atoms with Crippen molar-refractivity contribution in [2.75, 3.05) is 0 Å². The molecular formula is C8H18N2O2. The number of carboxylic acids is 1. The van der Waals surface area contributed by atoms with Gasteiger partial charge >= 0.3 is 0 Å². The third kappa shape index (κ3) is 7.50. The van der Waals surface area contributed by atoms with Crippen molar-refractivity contribution in [1.82, 2.24) is 0 Å². The lowest BCUT2D eigenvalue weighted by Gasteiger charge is -2.22. The average molecular weight is 174 g/mol. The first-order valence-corrected chi connectivity index (χ1v) is 4.23. The van der Waals surface area contributed by atoms with E-state index in [0.717, 1.165) is 32.6 Å². The Morgan fingerprint density at radius 2 is 1.33 bits per heavy atom. The Labute approximate surface area is 72.9 Å². The minimum Gasteiger partial charge on any atom is -0.481 e. The molecule has 4 heteroatoms. The van der Waals surface area contributed by atoms with E-state index in [1.54, 1.807) is 0 Å². The van der Waals surface area contributed by atoms with Crippen LogP contribution in [0.1, 0.15) is 32.6 Å². The van der Waals surface area contributed by atoms with E-state index in [1.807, 2.05) is 0 Å². The molecule has 0 aromatic rings. The highest BCUT2D eigenvalue weighted by Crippen LogP contribution is 2.14. The molecule has 0 bridgehead atoms. The summed E-state index contributed by atoms with van der Waals surface area (Å²) < 4.78 is 0. The van der Waals surface area contributed by atoms with Crippen LogP contribution in [0.2, 0.25) is 0 Å². The van der Waals surface area contributed by atoms with Gasteiger partial charge in [-0.2, -0.15) is 0 Å². The quantitative estimate of drug-likeness (QED) is 0.493. The first-order chi connectivity index (χ1) is 5.52. The number of rotatable bonds is 0. The summed E-state index contributed by atoms with van der Waals surface area (Å²) in [6, 6.07) is 0.879. The average Bonchev–Trinajstić information content (AvgIpc) is 1.94. The van der Waals surface area contributed by atoms with Gasteiger partial charge in [0.15, 0.2) is 0 Å². The van der Waals surface area contributed by atoms with E-state index in [1.165, 1.54) is 0 Å². The van der Waals surface area contributed by atoms with Crippen molar-refractivity contribution in [1.29, 1.82) is 0 Å². The first-order valence-electron chi connectivity index (χ1n) is 4.23. The number of aliphatic carboxylic acids is 1. The van der Waals surface area contributed by atoms with Crippen LogP contribution in [0.3, 0.4) is 0 Å². The summed E-state index contributed by atoms with van der Waals surface area (Å²) in [5.74, 6) is -0.833. The fraction of sp³-hybridized carbons (Fsp3) is 0.875. The van der Waals surface area contributed by atoms with Crippen LogP contribution in [0.4, 0.5) is 0 Å². The van der Waals surface area contributed by atoms with Crippen LogP contribution in [0, 0.1) is 0 Å². The molecule has 1 fully saturated rings. The van der Waals surface area contributed by atoms with Crippen molar-refractivity contribution < 1.29 is 9.90 Å². The van der Waals surface area contributed by atoms with Gasteiger partial charge in [-0.05, 0) is 25.7 Å². The highest BCUT2D eigenvalue weighted by atomic mass is 16.4. The van der Waals surface area contributed by atoms with Crippen molar-refractivity contribution in [2.24, 2.45) is 11.5 Å². The maximum atomic E-state index is 9.00. The van der Waals surface area contributed by atoms with Crippen LogP contribution in [-0.2, 0) is 4.79 Å². The van der Waals surface area contributed by atoms with Gasteiger partial charge in [0.05, 0.1) is 0 Å². The van der Waals surface area contributed by atoms with Gasteiger partial charge in [-0.1, -0.05) is 0 Å². The summed E-state index contributed by atoms with van der Waals surface area (Å²) in [6.07, 6.45) is 4.50. The molecule has 0 spiro atoms. The Kier molecular flexibility index (Phi) is 5.66. The third-order valence-corrected chi connectivity index (χ3v) is 1.82. The molecule has 1 saturated carbocycles. The fourth-order valence-corrected chi connectivity index (χ4v) is 1.14. The molecule has 0 atom stereocenters. The molecule has 72 valence electrons. The normalized spacial score (nSPS) is 28.6. The maximum Gasteiger partial charge on any atom is 0.300 e. The van der Waals surface area contributed by atoms with Gasteiger partial charge in [-0.15, -0.1) is 0 Å². The predicted octanol–water partition coefficient (Wildman–Crippen LogP) is 0.306. The number of hydrogen-bond donors (Lipinski definition) is 3. The highest BCUT2D eigenvalue weighted by molar-refractivity contribution is 5.62. The van der Waals surface area contributed by atoms with Crippen LogP contribution in [0.25, 0.3) is 0 Å². The third-order valence-electron chi connectivity index (χ3n) is 1.82. The van der Waals surface area contributed by atoms with Gasteiger partial charge in [0, 0.05) is 19.0 Å². The second-order valence-corrected chi connectivity index (χ2v) is 3.19. The topological polar surface area (TPSA) is 89.3 Å². The number of nitrogens with two attached hydrogens (primary N) is 2. The zero-order valence-electron chi connectivity index (χ0n) is 7.49. The van der Waals surface area contributed by atoms with E-state index in [-0.39, 0.29) is 0 Å². The Bertz CT molecular complexity index is 117. The summed E-state index contributed by atoms with van der Waals surface area (Å²) in [7, 11) is 0. The molecule has 0 aromatic carbocycles. The number of hydrogen-bond acceptors (Lipinski definition) is 3.